The summed E-state index contributed by atoms with van der Waals surface area (Å²) in [6.45, 7) is 3.54. The van der Waals surface area contributed by atoms with Crippen molar-refractivity contribution in [2.45, 2.75) is 0 Å². The molecule has 0 fully saturated rings. The fourth-order valence-electron chi connectivity index (χ4n) is 1.73. The highest BCUT2D eigenvalue weighted by Crippen LogP contribution is 2.28. The molecule has 4 heteroatoms. The van der Waals surface area contributed by atoms with Gasteiger partial charge < -0.3 is 14.3 Å². The van der Waals surface area contributed by atoms with Crippen LogP contribution in [0.1, 0.15) is 5.56 Å². The smallest absolute Gasteiger partial charge is 0.336 e. The molecule has 1 heterocycles. The highest BCUT2D eigenvalue weighted by atomic mass is 16.5. The number of rotatable bonds is 4. The number of fused-ring (bicyclic) bond motifs is 1. The third kappa shape index (κ3) is 2.74. The first-order valence-electron chi connectivity index (χ1n) is 5.73. The highest BCUT2D eigenvalue weighted by Gasteiger charge is 2.08. The number of hydrogen-bond donors (Lipinski definition) is 1. The van der Waals surface area contributed by atoms with Crippen molar-refractivity contribution >= 4 is 17.0 Å². The van der Waals surface area contributed by atoms with E-state index in [1.165, 1.54) is 6.07 Å². The number of aliphatic hydroxyl groups is 1. The summed E-state index contributed by atoms with van der Waals surface area (Å²) in [5, 5.41) is 9.74. The second-order valence-corrected chi connectivity index (χ2v) is 4.00. The lowest BCUT2D eigenvalue weighted by atomic mass is 10.1. The van der Waals surface area contributed by atoms with Crippen molar-refractivity contribution in [2.75, 3.05) is 13.7 Å². The number of aliphatic hydroxyl groups excluding tert-OH is 1. The molecule has 4 nitrogen and oxygen atoms in total. The summed E-state index contributed by atoms with van der Waals surface area (Å²) in [5.74, 6) is 0.587. The van der Waals surface area contributed by atoms with Crippen LogP contribution in [0.25, 0.3) is 17.0 Å². The summed E-state index contributed by atoms with van der Waals surface area (Å²) in [5.41, 5.74) is 1.23. The monoisotopic (exact) mass is 258 g/mol. The number of methoxy groups -OCH3 is 1. The van der Waals surface area contributed by atoms with Gasteiger partial charge in [-0.2, -0.15) is 0 Å². The lowest BCUT2D eigenvalue weighted by molar-refractivity contribution is 0.335. The van der Waals surface area contributed by atoms with Crippen LogP contribution in [0, 0.1) is 0 Å². The maximum atomic E-state index is 11.3. The maximum absolute atomic E-state index is 11.3. The van der Waals surface area contributed by atoms with Crippen molar-refractivity contribution < 1.29 is 14.3 Å². The molecule has 98 valence electrons. The average Bonchev–Trinajstić information content (AvgIpc) is 2.44. The van der Waals surface area contributed by atoms with Gasteiger partial charge in [-0.15, -0.1) is 0 Å². The third-order valence-electron chi connectivity index (χ3n) is 2.70. The van der Waals surface area contributed by atoms with E-state index in [9.17, 15) is 4.79 Å². The molecule has 0 amide bonds. The SMILES string of the molecule is C=C(C=Cc1c(OC)ccc2ccc(=O)oc12)CO. The Morgan fingerprint density at radius 1 is 1.42 bits per heavy atom. The van der Waals surface area contributed by atoms with E-state index >= 15 is 0 Å². The van der Waals surface area contributed by atoms with Gasteiger partial charge in [-0.1, -0.05) is 12.7 Å². The van der Waals surface area contributed by atoms with Crippen LogP contribution in [0.3, 0.4) is 0 Å². The van der Waals surface area contributed by atoms with Crippen molar-refractivity contribution in [2.24, 2.45) is 0 Å². The van der Waals surface area contributed by atoms with E-state index in [4.69, 9.17) is 14.3 Å². The molecule has 0 unspecified atom stereocenters. The van der Waals surface area contributed by atoms with E-state index < -0.39 is 5.63 Å². The van der Waals surface area contributed by atoms with Gasteiger partial charge in [0.15, 0.2) is 0 Å². The minimum Gasteiger partial charge on any atom is -0.496 e. The number of hydrogen-bond acceptors (Lipinski definition) is 4. The molecular formula is C15H14O4. The Bertz CT molecular complexity index is 695. The molecule has 0 saturated carbocycles. The van der Waals surface area contributed by atoms with E-state index in [1.54, 1.807) is 31.4 Å². The zero-order valence-electron chi connectivity index (χ0n) is 10.6. The molecule has 0 aliphatic heterocycles. The minimum absolute atomic E-state index is 0.131. The van der Waals surface area contributed by atoms with Crippen LogP contribution in [0.2, 0.25) is 0 Å². The summed E-state index contributed by atoms with van der Waals surface area (Å²) in [6.07, 6.45) is 3.37. The molecule has 0 bridgehead atoms. The first-order chi connectivity index (χ1) is 9.15. The van der Waals surface area contributed by atoms with E-state index in [0.29, 0.717) is 22.5 Å². The Balaban J connectivity index is 2.66. The second-order valence-electron chi connectivity index (χ2n) is 4.00. The van der Waals surface area contributed by atoms with Crippen LogP contribution >= 0.6 is 0 Å². The van der Waals surface area contributed by atoms with Gasteiger partial charge >= 0.3 is 5.63 Å². The fourth-order valence-corrected chi connectivity index (χ4v) is 1.73. The average molecular weight is 258 g/mol. The van der Waals surface area contributed by atoms with Crippen molar-refractivity contribution in [1.29, 1.82) is 0 Å². The molecule has 0 atom stereocenters. The summed E-state index contributed by atoms with van der Waals surface area (Å²) < 4.78 is 10.5. The maximum Gasteiger partial charge on any atom is 0.336 e. The Hall–Kier alpha value is -2.33. The first-order valence-corrected chi connectivity index (χ1v) is 5.73. The van der Waals surface area contributed by atoms with Gasteiger partial charge in [0.25, 0.3) is 0 Å². The van der Waals surface area contributed by atoms with Crippen molar-refractivity contribution in [3.05, 3.63) is 58.5 Å². The summed E-state index contributed by atoms with van der Waals surface area (Å²) in [7, 11) is 1.54. The molecule has 1 aromatic carbocycles. The van der Waals surface area contributed by atoms with Crippen molar-refractivity contribution in [1.82, 2.24) is 0 Å². The highest BCUT2D eigenvalue weighted by molar-refractivity contribution is 5.88. The summed E-state index contributed by atoms with van der Waals surface area (Å²) >= 11 is 0. The minimum atomic E-state index is -0.420. The standard InChI is InChI=1S/C15H14O4/c1-10(9-16)3-6-12-13(18-2)7-4-11-5-8-14(17)19-15(11)12/h3-8,16H,1,9H2,2H3. The molecule has 2 rings (SSSR count). The largest absolute Gasteiger partial charge is 0.496 e. The van der Waals surface area contributed by atoms with Crippen LogP contribution in [0.4, 0.5) is 0 Å². The quantitative estimate of drug-likeness (QED) is 0.675. The third-order valence-corrected chi connectivity index (χ3v) is 2.70. The molecule has 0 aliphatic rings. The van der Waals surface area contributed by atoms with Gasteiger partial charge in [0.2, 0.25) is 0 Å². The summed E-state index contributed by atoms with van der Waals surface area (Å²) in [6, 6.07) is 6.67. The zero-order chi connectivity index (χ0) is 13.8. The van der Waals surface area contributed by atoms with Crippen LogP contribution in [0.5, 0.6) is 5.75 Å². The summed E-state index contributed by atoms with van der Waals surface area (Å²) in [4.78, 5) is 11.3. The van der Waals surface area contributed by atoms with Crippen LogP contribution in [0.15, 0.2) is 51.7 Å². The Labute approximate surface area is 110 Å². The normalized spacial score (nSPS) is 11.1. The van der Waals surface area contributed by atoms with Gasteiger partial charge in [-0.25, -0.2) is 4.79 Å². The van der Waals surface area contributed by atoms with E-state index in [1.807, 2.05) is 6.07 Å². The molecule has 19 heavy (non-hydrogen) atoms. The fraction of sp³-hybridized carbons (Fsp3) is 0.133. The van der Waals surface area contributed by atoms with Crippen LogP contribution < -0.4 is 10.4 Å². The molecule has 0 aliphatic carbocycles. The van der Waals surface area contributed by atoms with Crippen LogP contribution in [-0.2, 0) is 0 Å². The number of ether oxygens (including phenoxy) is 1. The van der Waals surface area contributed by atoms with E-state index in [2.05, 4.69) is 6.58 Å². The van der Waals surface area contributed by atoms with Gasteiger partial charge in [0.1, 0.15) is 11.3 Å². The second kappa shape index (κ2) is 5.54. The number of benzene rings is 1. The van der Waals surface area contributed by atoms with Crippen molar-refractivity contribution in [3.63, 3.8) is 0 Å². The topological polar surface area (TPSA) is 59.7 Å². The predicted octanol–water partition coefficient (Wildman–Crippen LogP) is 2.36. The Morgan fingerprint density at radius 3 is 2.84 bits per heavy atom. The predicted molar refractivity (Wildman–Crippen MR) is 74.3 cm³/mol. The van der Waals surface area contributed by atoms with Gasteiger partial charge in [0, 0.05) is 11.5 Å². The molecule has 2 aromatic rings. The molecule has 1 N–H and O–H groups in total. The van der Waals surface area contributed by atoms with Crippen molar-refractivity contribution in [3.8, 4) is 5.75 Å². The van der Waals surface area contributed by atoms with Gasteiger partial charge in [0.05, 0.1) is 19.3 Å². The molecule has 0 spiro atoms. The molecular weight excluding hydrogens is 244 g/mol. The van der Waals surface area contributed by atoms with Crippen LogP contribution in [-0.4, -0.2) is 18.8 Å². The Kier molecular flexibility index (Phi) is 3.82. The molecule has 0 saturated heterocycles. The lowest BCUT2D eigenvalue weighted by Gasteiger charge is -2.07. The molecule has 0 radical (unpaired) electrons. The zero-order valence-corrected chi connectivity index (χ0v) is 10.6. The van der Waals surface area contributed by atoms with E-state index in [0.717, 1.165) is 5.39 Å². The molecule has 1 aromatic heterocycles. The van der Waals surface area contributed by atoms with E-state index in [-0.39, 0.29) is 6.61 Å². The lowest BCUT2D eigenvalue weighted by Crippen LogP contribution is -1.97. The van der Waals surface area contributed by atoms with Gasteiger partial charge in [-0.05, 0) is 29.8 Å². The first kappa shape index (κ1) is 13.1. The van der Waals surface area contributed by atoms with Gasteiger partial charge in [-0.3, -0.25) is 0 Å². The Morgan fingerprint density at radius 2 is 2.16 bits per heavy atom.